The summed E-state index contributed by atoms with van der Waals surface area (Å²) in [6, 6.07) is 1.80. The van der Waals surface area contributed by atoms with Gasteiger partial charge in [-0.2, -0.15) is 0 Å². The van der Waals surface area contributed by atoms with E-state index >= 15 is 0 Å². The zero-order valence-corrected chi connectivity index (χ0v) is 12.1. The number of nitrogens with zero attached hydrogens (tertiary/aromatic N) is 1. The first-order chi connectivity index (χ1) is 7.78. The molecule has 0 atom stereocenters. The minimum Gasteiger partial charge on any atom is -0.489 e. The topological polar surface area (TPSA) is 51.2 Å². The van der Waals surface area contributed by atoms with Crippen molar-refractivity contribution in [1.82, 2.24) is 4.98 Å². The molecule has 17 heavy (non-hydrogen) atoms. The average molecular weight is 301 g/mol. The zero-order chi connectivity index (χ0) is 13.1. The van der Waals surface area contributed by atoms with Crippen molar-refractivity contribution in [2.24, 2.45) is 5.41 Å². The summed E-state index contributed by atoms with van der Waals surface area (Å²) in [5.74, 6) is 0.856. The van der Waals surface area contributed by atoms with Crippen LogP contribution in [0.2, 0.25) is 0 Å². The lowest BCUT2D eigenvalue weighted by molar-refractivity contribution is -0.114. The molecule has 5 heteroatoms. The van der Waals surface area contributed by atoms with E-state index in [1.165, 1.54) is 6.92 Å². The maximum atomic E-state index is 11.0. The molecule has 0 aromatic carbocycles. The van der Waals surface area contributed by atoms with Crippen molar-refractivity contribution in [3.8, 4) is 5.75 Å². The van der Waals surface area contributed by atoms with E-state index in [0.717, 1.165) is 4.47 Å². The minimum atomic E-state index is -0.166. The van der Waals surface area contributed by atoms with Gasteiger partial charge in [-0.15, -0.1) is 0 Å². The van der Waals surface area contributed by atoms with Crippen molar-refractivity contribution < 1.29 is 9.53 Å². The number of pyridine rings is 1. The molecule has 1 N–H and O–H groups in total. The number of anilines is 1. The van der Waals surface area contributed by atoms with E-state index in [9.17, 15) is 4.79 Å². The van der Waals surface area contributed by atoms with Crippen LogP contribution >= 0.6 is 15.9 Å². The molecule has 0 unspecified atom stereocenters. The van der Waals surface area contributed by atoms with E-state index < -0.39 is 0 Å². The van der Waals surface area contributed by atoms with Gasteiger partial charge in [0.15, 0.2) is 11.6 Å². The Kier molecular flexibility index (Phi) is 4.51. The van der Waals surface area contributed by atoms with Crippen LogP contribution in [0.3, 0.4) is 0 Å². The van der Waals surface area contributed by atoms with Crippen molar-refractivity contribution in [1.29, 1.82) is 0 Å². The number of aromatic nitrogens is 1. The molecular formula is C12H17BrN2O2. The van der Waals surface area contributed by atoms with Crippen LogP contribution in [-0.4, -0.2) is 17.5 Å². The molecule has 0 saturated carbocycles. The highest BCUT2D eigenvalue weighted by atomic mass is 79.9. The Hall–Kier alpha value is -1.10. The number of nitrogens with one attached hydrogen (secondary N) is 1. The zero-order valence-electron chi connectivity index (χ0n) is 10.5. The first-order valence-electron chi connectivity index (χ1n) is 5.34. The molecule has 0 aliphatic heterocycles. The van der Waals surface area contributed by atoms with E-state index in [-0.39, 0.29) is 11.3 Å². The summed E-state index contributed by atoms with van der Waals surface area (Å²) in [6.07, 6.45) is 1.62. The summed E-state index contributed by atoms with van der Waals surface area (Å²) in [4.78, 5) is 15.1. The van der Waals surface area contributed by atoms with Crippen LogP contribution in [0.4, 0.5) is 5.82 Å². The third-order valence-electron chi connectivity index (χ3n) is 1.77. The van der Waals surface area contributed by atoms with E-state index in [1.807, 2.05) is 0 Å². The van der Waals surface area contributed by atoms with Gasteiger partial charge < -0.3 is 10.1 Å². The quantitative estimate of drug-likeness (QED) is 0.932. The van der Waals surface area contributed by atoms with Gasteiger partial charge in [-0.1, -0.05) is 20.8 Å². The Bertz CT molecular complexity index is 413. The van der Waals surface area contributed by atoms with Crippen molar-refractivity contribution in [3.63, 3.8) is 0 Å². The van der Waals surface area contributed by atoms with Crippen LogP contribution in [0.1, 0.15) is 27.7 Å². The van der Waals surface area contributed by atoms with Gasteiger partial charge >= 0.3 is 0 Å². The largest absolute Gasteiger partial charge is 0.489 e. The van der Waals surface area contributed by atoms with Crippen LogP contribution < -0.4 is 10.1 Å². The molecule has 1 aromatic heterocycles. The van der Waals surface area contributed by atoms with Gasteiger partial charge in [0.2, 0.25) is 5.91 Å². The van der Waals surface area contributed by atoms with Gasteiger partial charge in [0.25, 0.3) is 0 Å². The average Bonchev–Trinajstić information content (AvgIpc) is 2.16. The molecule has 1 aromatic rings. The number of carbonyl (C=O) groups excluding carboxylic acids is 1. The van der Waals surface area contributed by atoms with Crippen molar-refractivity contribution >= 4 is 27.7 Å². The first kappa shape index (κ1) is 14.0. The van der Waals surface area contributed by atoms with Gasteiger partial charge in [0, 0.05) is 17.6 Å². The fourth-order valence-corrected chi connectivity index (χ4v) is 1.40. The lowest BCUT2D eigenvalue weighted by Crippen LogP contribution is -2.18. The number of rotatable bonds is 3. The van der Waals surface area contributed by atoms with Crippen molar-refractivity contribution in [3.05, 3.63) is 16.7 Å². The van der Waals surface area contributed by atoms with E-state index in [2.05, 4.69) is 47.0 Å². The molecule has 4 nitrogen and oxygen atoms in total. The second kappa shape index (κ2) is 5.49. The smallest absolute Gasteiger partial charge is 0.222 e. The van der Waals surface area contributed by atoms with Crippen LogP contribution in [-0.2, 0) is 4.79 Å². The van der Waals surface area contributed by atoms with Gasteiger partial charge in [-0.3, -0.25) is 4.79 Å². The Morgan fingerprint density at radius 2 is 2.18 bits per heavy atom. The van der Waals surface area contributed by atoms with Gasteiger partial charge in [-0.05, 0) is 27.4 Å². The highest BCUT2D eigenvalue weighted by Crippen LogP contribution is 2.27. The van der Waals surface area contributed by atoms with E-state index in [0.29, 0.717) is 18.2 Å². The van der Waals surface area contributed by atoms with Crippen LogP contribution in [0.5, 0.6) is 5.75 Å². The Labute approximate surface area is 110 Å². The molecular weight excluding hydrogens is 284 g/mol. The van der Waals surface area contributed by atoms with Crippen LogP contribution in [0, 0.1) is 5.41 Å². The molecule has 1 heterocycles. The summed E-state index contributed by atoms with van der Waals surface area (Å²) in [5, 5.41) is 2.64. The van der Waals surface area contributed by atoms with Gasteiger partial charge in [0.05, 0.1) is 6.61 Å². The molecule has 0 aliphatic carbocycles. The summed E-state index contributed by atoms with van der Waals surface area (Å²) >= 11 is 3.33. The van der Waals surface area contributed by atoms with Gasteiger partial charge in [-0.25, -0.2) is 4.98 Å². The van der Waals surface area contributed by atoms with Crippen molar-refractivity contribution in [2.45, 2.75) is 27.7 Å². The Balaban J connectivity index is 2.87. The molecule has 0 fully saturated rings. The minimum absolute atomic E-state index is 0.0514. The highest BCUT2D eigenvalue weighted by molar-refractivity contribution is 9.10. The summed E-state index contributed by atoms with van der Waals surface area (Å²) < 4.78 is 6.49. The standard InChI is InChI=1S/C12H17BrN2O2/c1-8(16)15-11-10(5-9(13)6-14-11)17-7-12(2,3)4/h5-6H,7H2,1-4H3,(H,14,15,16). The first-order valence-corrected chi connectivity index (χ1v) is 6.13. The normalized spacial score (nSPS) is 11.1. The second-order valence-electron chi connectivity index (χ2n) is 5.03. The molecule has 0 bridgehead atoms. The number of carbonyl (C=O) groups is 1. The number of amides is 1. The van der Waals surface area contributed by atoms with Crippen LogP contribution in [0.15, 0.2) is 16.7 Å². The Morgan fingerprint density at radius 3 is 2.71 bits per heavy atom. The third-order valence-corrected chi connectivity index (χ3v) is 2.21. The molecule has 1 rings (SSSR count). The number of ether oxygens (including phenoxy) is 1. The predicted octanol–water partition coefficient (Wildman–Crippen LogP) is 3.23. The fourth-order valence-electron chi connectivity index (χ4n) is 1.09. The maximum Gasteiger partial charge on any atom is 0.222 e. The SMILES string of the molecule is CC(=O)Nc1ncc(Br)cc1OCC(C)(C)C. The third kappa shape index (κ3) is 5.17. The number of halogens is 1. The maximum absolute atomic E-state index is 11.0. The second-order valence-corrected chi connectivity index (χ2v) is 5.95. The van der Waals surface area contributed by atoms with Crippen LogP contribution in [0.25, 0.3) is 0 Å². The number of hydrogen-bond donors (Lipinski definition) is 1. The monoisotopic (exact) mass is 300 g/mol. The predicted molar refractivity (Wildman–Crippen MR) is 71.2 cm³/mol. The van der Waals surface area contributed by atoms with Gasteiger partial charge in [0.1, 0.15) is 0 Å². The molecule has 0 aliphatic rings. The van der Waals surface area contributed by atoms with E-state index in [4.69, 9.17) is 4.74 Å². The lowest BCUT2D eigenvalue weighted by Gasteiger charge is -2.20. The molecule has 0 radical (unpaired) electrons. The van der Waals surface area contributed by atoms with E-state index in [1.54, 1.807) is 12.3 Å². The fraction of sp³-hybridized carbons (Fsp3) is 0.500. The summed E-state index contributed by atoms with van der Waals surface area (Å²) in [6.45, 7) is 8.23. The molecule has 94 valence electrons. The lowest BCUT2D eigenvalue weighted by atomic mass is 9.99. The molecule has 1 amide bonds. The van der Waals surface area contributed by atoms with Crippen molar-refractivity contribution in [2.75, 3.05) is 11.9 Å². The summed E-state index contributed by atoms with van der Waals surface area (Å²) in [7, 11) is 0. The highest BCUT2D eigenvalue weighted by Gasteiger charge is 2.14. The molecule has 0 spiro atoms. The summed E-state index contributed by atoms with van der Waals surface area (Å²) in [5.41, 5.74) is 0.0514. The number of hydrogen-bond acceptors (Lipinski definition) is 3. The Morgan fingerprint density at radius 1 is 1.53 bits per heavy atom. The molecule has 0 saturated heterocycles.